The van der Waals surface area contributed by atoms with E-state index in [1.54, 1.807) is 22.9 Å². The van der Waals surface area contributed by atoms with Gasteiger partial charge < -0.3 is 8.94 Å². The first-order valence-corrected chi connectivity index (χ1v) is 8.88. The molecule has 0 spiro atoms. The molecule has 0 aliphatic carbocycles. The number of hydrogen-bond donors (Lipinski definition) is 0. The van der Waals surface area contributed by atoms with Crippen LogP contribution in [0.2, 0.25) is 0 Å². The number of benzene rings is 1. The fourth-order valence-electron chi connectivity index (χ4n) is 2.67. The third-order valence-electron chi connectivity index (χ3n) is 3.79. The molecule has 0 atom stereocenters. The van der Waals surface area contributed by atoms with Crippen molar-refractivity contribution >= 4 is 28.3 Å². The standard InChI is InChI=1S/C17H12N6O2S/c1-10-18-16-11-5-2-3-6-12(11)19-17(23(16)21-10)26-9-14-20-15(22-25-14)13-7-4-8-24-13/h2-8H,9H2,1H3. The summed E-state index contributed by atoms with van der Waals surface area (Å²) in [6.07, 6.45) is 1.57. The number of aryl methyl sites for hydroxylation is 1. The molecular weight excluding hydrogens is 352 g/mol. The average molecular weight is 364 g/mol. The van der Waals surface area contributed by atoms with Gasteiger partial charge in [-0.15, -0.1) is 5.10 Å². The van der Waals surface area contributed by atoms with Crippen molar-refractivity contribution in [3.63, 3.8) is 0 Å². The van der Waals surface area contributed by atoms with Crippen LogP contribution in [-0.4, -0.2) is 29.7 Å². The van der Waals surface area contributed by atoms with Crippen molar-refractivity contribution < 1.29 is 8.94 Å². The molecule has 4 aromatic heterocycles. The summed E-state index contributed by atoms with van der Waals surface area (Å²) in [5.74, 6) is 2.65. The number of fused-ring (bicyclic) bond motifs is 3. The minimum Gasteiger partial charge on any atom is -0.461 e. The lowest BCUT2D eigenvalue weighted by molar-refractivity contribution is 0.390. The Hall–Kier alpha value is -3.20. The highest BCUT2D eigenvalue weighted by molar-refractivity contribution is 7.98. The number of rotatable bonds is 4. The Morgan fingerprint density at radius 2 is 2.00 bits per heavy atom. The number of nitrogens with zero attached hydrogens (tertiary/aromatic N) is 6. The lowest BCUT2D eigenvalue weighted by Crippen LogP contribution is -1.98. The molecule has 0 saturated carbocycles. The van der Waals surface area contributed by atoms with Crippen LogP contribution < -0.4 is 0 Å². The molecule has 0 fully saturated rings. The maximum Gasteiger partial charge on any atom is 0.238 e. The summed E-state index contributed by atoms with van der Waals surface area (Å²) in [6.45, 7) is 1.86. The Balaban J connectivity index is 1.49. The smallest absolute Gasteiger partial charge is 0.238 e. The molecule has 9 heteroatoms. The molecule has 0 N–H and O–H groups in total. The van der Waals surface area contributed by atoms with Crippen LogP contribution in [0.15, 0.2) is 56.8 Å². The van der Waals surface area contributed by atoms with E-state index in [1.807, 2.05) is 31.2 Å². The molecule has 0 saturated heterocycles. The van der Waals surface area contributed by atoms with Gasteiger partial charge in [-0.05, 0) is 31.2 Å². The number of furan rings is 1. The Morgan fingerprint density at radius 1 is 1.08 bits per heavy atom. The first-order valence-electron chi connectivity index (χ1n) is 7.89. The van der Waals surface area contributed by atoms with Crippen molar-refractivity contribution in [3.05, 3.63) is 54.4 Å². The first-order chi connectivity index (χ1) is 12.8. The summed E-state index contributed by atoms with van der Waals surface area (Å²) in [4.78, 5) is 13.6. The Bertz CT molecular complexity index is 1210. The van der Waals surface area contributed by atoms with Gasteiger partial charge in [0, 0.05) is 5.39 Å². The quantitative estimate of drug-likeness (QED) is 0.353. The largest absolute Gasteiger partial charge is 0.461 e. The highest BCUT2D eigenvalue weighted by Crippen LogP contribution is 2.26. The summed E-state index contributed by atoms with van der Waals surface area (Å²) in [5.41, 5.74) is 1.66. The van der Waals surface area contributed by atoms with E-state index in [9.17, 15) is 0 Å². The van der Waals surface area contributed by atoms with Gasteiger partial charge >= 0.3 is 0 Å². The molecular formula is C17H12N6O2S. The molecule has 0 aliphatic heterocycles. The molecule has 0 bridgehead atoms. The summed E-state index contributed by atoms with van der Waals surface area (Å²) >= 11 is 1.46. The van der Waals surface area contributed by atoms with Crippen LogP contribution in [0.25, 0.3) is 28.1 Å². The molecule has 5 aromatic rings. The Morgan fingerprint density at radius 3 is 2.88 bits per heavy atom. The van der Waals surface area contributed by atoms with Crippen molar-refractivity contribution in [3.8, 4) is 11.6 Å². The second-order valence-electron chi connectivity index (χ2n) is 5.58. The average Bonchev–Trinajstić information content (AvgIpc) is 3.39. The van der Waals surface area contributed by atoms with Crippen LogP contribution in [0.1, 0.15) is 11.7 Å². The highest BCUT2D eigenvalue weighted by atomic mass is 32.2. The SMILES string of the molecule is Cc1nc2c3ccccc3nc(SCc3nc(-c4ccco4)no3)n2n1. The molecule has 1 aromatic carbocycles. The fraction of sp³-hybridized carbons (Fsp3) is 0.118. The predicted molar refractivity (Wildman–Crippen MR) is 94.6 cm³/mol. The van der Waals surface area contributed by atoms with Gasteiger partial charge in [0.25, 0.3) is 0 Å². The van der Waals surface area contributed by atoms with Crippen LogP contribution in [-0.2, 0) is 5.75 Å². The van der Waals surface area contributed by atoms with Crippen LogP contribution in [0.4, 0.5) is 0 Å². The maximum absolute atomic E-state index is 5.30. The zero-order chi connectivity index (χ0) is 17.5. The molecule has 0 unspecified atom stereocenters. The van der Waals surface area contributed by atoms with Gasteiger partial charge in [-0.1, -0.05) is 29.1 Å². The highest BCUT2D eigenvalue weighted by Gasteiger charge is 2.15. The van der Waals surface area contributed by atoms with Crippen LogP contribution >= 0.6 is 11.8 Å². The number of thioether (sulfide) groups is 1. The van der Waals surface area contributed by atoms with Crippen molar-refractivity contribution in [2.75, 3.05) is 0 Å². The second kappa shape index (κ2) is 5.95. The number of aromatic nitrogens is 6. The molecule has 128 valence electrons. The maximum atomic E-state index is 5.30. The molecule has 26 heavy (non-hydrogen) atoms. The number of hydrogen-bond acceptors (Lipinski definition) is 8. The molecule has 0 amide bonds. The molecule has 4 heterocycles. The summed E-state index contributed by atoms with van der Waals surface area (Å²) in [5, 5.41) is 10.1. The molecule has 0 aliphatic rings. The van der Waals surface area contributed by atoms with Crippen molar-refractivity contribution in [2.45, 2.75) is 17.8 Å². The van der Waals surface area contributed by atoms with Crippen molar-refractivity contribution in [1.29, 1.82) is 0 Å². The fourth-order valence-corrected chi connectivity index (χ4v) is 3.45. The van der Waals surface area contributed by atoms with Gasteiger partial charge in [0.2, 0.25) is 11.7 Å². The van der Waals surface area contributed by atoms with Crippen molar-refractivity contribution in [2.24, 2.45) is 0 Å². The first kappa shape index (κ1) is 15.1. The number of para-hydroxylation sites is 1. The molecule has 8 nitrogen and oxygen atoms in total. The minimum absolute atomic E-state index is 0.429. The summed E-state index contributed by atoms with van der Waals surface area (Å²) in [6, 6.07) is 11.4. The molecule has 5 rings (SSSR count). The van der Waals surface area contributed by atoms with E-state index in [-0.39, 0.29) is 0 Å². The topological polar surface area (TPSA) is 95.1 Å². The van der Waals surface area contributed by atoms with Crippen LogP contribution in [0.3, 0.4) is 0 Å². The third kappa shape index (κ3) is 2.53. The monoisotopic (exact) mass is 364 g/mol. The molecule has 0 radical (unpaired) electrons. The van der Waals surface area contributed by atoms with Crippen molar-refractivity contribution in [1.82, 2.24) is 29.7 Å². The van der Waals surface area contributed by atoms with E-state index in [2.05, 4.69) is 20.2 Å². The lowest BCUT2D eigenvalue weighted by Gasteiger charge is -2.04. The normalized spacial score (nSPS) is 11.6. The zero-order valence-corrected chi connectivity index (χ0v) is 14.5. The van der Waals surface area contributed by atoms with Gasteiger partial charge in [-0.2, -0.15) is 9.50 Å². The Labute approximate surface area is 151 Å². The van der Waals surface area contributed by atoms with E-state index in [4.69, 9.17) is 13.9 Å². The zero-order valence-electron chi connectivity index (χ0n) is 13.7. The van der Waals surface area contributed by atoms with E-state index in [0.29, 0.717) is 29.1 Å². The minimum atomic E-state index is 0.429. The second-order valence-corrected chi connectivity index (χ2v) is 6.53. The Kier molecular flexibility index (Phi) is 3.45. The van der Waals surface area contributed by atoms with E-state index >= 15 is 0 Å². The van der Waals surface area contributed by atoms with Crippen LogP contribution in [0, 0.1) is 6.92 Å². The summed E-state index contributed by atoms with van der Waals surface area (Å²) in [7, 11) is 0. The van der Waals surface area contributed by atoms with Gasteiger partial charge in [-0.25, -0.2) is 9.97 Å². The third-order valence-corrected chi connectivity index (χ3v) is 4.70. The van der Waals surface area contributed by atoms with E-state index in [0.717, 1.165) is 21.7 Å². The van der Waals surface area contributed by atoms with Gasteiger partial charge in [0.05, 0.1) is 17.5 Å². The van der Waals surface area contributed by atoms with Gasteiger partial charge in [0.1, 0.15) is 5.82 Å². The predicted octanol–water partition coefficient (Wildman–Crippen LogP) is 3.52. The summed E-state index contributed by atoms with van der Waals surface area (Å²) < 4.78 is 12.3. The van der Waals surface area contributed by atoms with Crippen LogP contribution in [0.5, 0.6) is 0 Å². The van der Waals surface area contributed by atoms with Gasteiger partial charge in [0.15, 0.2) is 16.6 Å². The van der Waals surface area contributed by atoms with Gasteiger partial charge in [-0.3, -0.25) is 0 Å². The van der Waals surface area contributed by atoms with E-state index < -0.39 is 0 Å². The van der Waals surface area contributed by atoms with E-state index in [1.165, 1.54) is 11.8 Å². The lowest BCUT2D eigenvalue weighted by atomic mass is 10.2.